The molecule has 1 aliphatic heterocycles. The van der Waals surface area contributed by atoms with Gasteiger partial charge < -0.3 is 5.32 Å². The van der Waals surface area contributed by atoms with Gasteiger partial charge in [0.25, 0.3) is 0 Å². The number of rotatable bonds is 2. The fourth-order valence-corrected chi connectivity index (χ4v) is 3.38. The number of benzene rings is 2. The molecule has 2 N–H and O–H groups in total. The lowest BCUT2D eigenvalue weighted by molar-refractivity contribution is 0.603. The molecule has 0 aromatic heterocycles. The number of guanidine groups is 1. The standard InChI is InChI=1S/C16H14F2N4S/c17-10-1-4-12(5-2-10)20-16(19)22-21-14-7-8-23-15-6-3-11(18)9-13(14)15/h1-6,9,14H,7-8H2,(H2,19,20). The Bertz CT molecular complexity index is 746. The fraction of sp³-hybridized carbons (Fsp3) is 0.188. The van der Waals surface area contributed by atoms with Gasteiger partial charge in [-0.1, -0.05) is 0 Å². The molecule has 118 valence electrons. The van der Waals surface area contributed by atoms with Crippen molar-refractivity contribution in [3.05, 3.63) is 59.7 Å². The first-order chi connectivity index (χ1) is 11.1. The van der Waals surface area contributed by atoms with Crippen molar-refractivity contribution in [2.24, 2.45) is 10.2 Å². The summed E-state index contributed by atoms with van der Waals surface area (Å²) in [6, 6.07) is 10.0. The van der Waals surface area contributed by atoms with Crippen molar-refractivity contribution in [1.29, 1.82) is 5.41 Å². The molecule has 0 radical (unpaired) electrons. The highest BCUT2D eigenvalue weighted by molar-refractivity contribution is 7.99. The predicted molar refractivity (Wildman–Crippen MR) is 87.1 cm³/mol. The Labute approximate surface area is 136 Å². The van der Waals surface area contributed by atoms with Crippen molar-refractivity contribution in [2.45, 2.75) is 17.4 Å². The van der Waals surface area contributed by atoms with E-state index in [2.05, 4.69) is 15.5 Å². The molecule has 7 heteroatoms. The Morgan fingerprint density at radius 1 is 1.13 bits per heavy atom. The van der Waals surface area contributed by atoms with Gasteiger partial charge in [0.2, 0.25) is 5.96 Å². The summed E-state index contributed by atoms with van der Waals surface area (Å²) in [5.41, 5.74) is 1.36. The Balaban J connectivity index is 1.70. The van der Waals surface area contributed by atoms with E-state index in [1.54, 1.807) is 17.8 Å². The van der Waals surface area contributed by atoms with E-state index in [9.17, 15) is 8.78 Å². The average Bonchev–Trinajstić information content (AvgIpc) is 2.55. The maximum Gasteiger partial charge on any atom is 0.239 e. The third-order valence-corrected chi connectivity index (χ3v) is 4.51. The van der Waals surface area contributed by atoms with Gasteiger partial charge >= 0.3 is 0 Å². The van der Waals surface area contributed by atoms with Gasteiger partial charge in [-0.05, 0) is 54.4 Å². The van der Waals surface area contributed by atoms with Gasteiger partial charge in [0.15, 0.2) is 0 Å². The third kappa shape index (κ3) is 3.92. The van der Waals surface area contributed by atoms with Crippen molar-refractivity contribution in [2.75, 3.05) is 11.1 Å². The summed E-state index contributed by atoms with van der Waals surface area (Å²) in [7, 11) is 0. The van der Waals surface area contributed by atoms with Gasteiger partial charge in [-0.15, -0.1) is 16.9 Å². The molecule has 2 aromatic carbocycles. The van der Waals surface area contributed by atoms with Gasteiger partial charge in [0.1, 0.15) is 11.6 Å². The highest BCUT2D eigenvalue weighted by Crippen LogP contribution is 2.38. The Morgan fingerprint density at radius 3 is 2.65 bits per heavy atom. The molecule has 1 unspecified atom stereocenters. The molecular weight excluding hydrogens is 318 g/mol. The molecule has 2 aromatic rings. The number of fused-ring (bicyclic) bond motifs is 1. The van der Waals surface area contributed by atoms with Crippen molar-refractivity contribution in [1.82, 2.24) is 0 Å². The second-order valence-corrected chi connectivity index (χ2v) is 6.17. The van der Waals surface area contributed by atoms with E-state index < -0.39 is 0 Å². The number of hydrogen-bond acceptors (Lipinski definition) is 3. The minimum absolute atomic E-state index is 0.146. The molecule has 0 saturated carbocycles. The second-order valence-electron chi connectivity index (χ2n) is 5.03. The van der Waals surface area contributed by atoms with E-state index in [0.717, 1.165) is 22.6 Å². The molecule has 4 nitrogen and oxygen atoms in total. The van der Waals surface area contributed by atoms with Crippen LogP contribution in [0.25, 0.3) is 0 Å². The summed E-state index contributed by atoms with van der Waals surface area (Å²) in [5.74, 6) is 0.0851. The number of nitrogens with zero attached hydrogens (tertiary/aromatic N) is 2. The highest BCUT2D eigenvalue weighted by Gasteiger charge is 2.21. The summed E-state index contributed by atoms with van der Waals surface area (Å²) >= 11 is 1.67. The van der Waals surface area contributed by atoms with Crippen LogP contribution < -0.4 is 5.32 Å². The van der Waals surface area contributed by atoms with Gasteiger partial charge in [0.05, 0.1) is 6.04 Å². The number of halogens is 2. The first-order valence-corrected chi connectivity index (χ1v) is 8.04. The molecule has 0 fully saturated rings. The summed E-state index contributed by atoms with van der Waals surface area (Å²) < 4.78 is 26.3. The van der Waals surface area contributed by atoms with Crippen molar-refractivity contribution < 1.29 is 8.78 Å². The minimum Gasteiger partial charge on any atom is -0.323 e. The molecule has 23 heavy (non-hydrogen) atoms. The Hall–Kier alpha value is -2.28. The van der Waals surface area contributed by atoms with E-state index in [-0.39, 0.29) is 23.6 Å². The van der Waals surface area contributed by atoms with Gasteiger partial charge in [0, 0.05) is 16.3 Å². The van der Waals surface area contributed by atoms with Crippen LogP contribution in [0.15, 0.2) is 57.6 Å². The highest BCUT2D eigenvalue weighted by atomic mass is 32.2. The maximum absolute atomic E-state index is 13.4. The lowest BCUT2D eigenvalue weighted by Crippen LogP contribution is -2.09. The number of hydrogen-bond donors (Lipinski definition) is 2. The first kappa shape index (κ1) is 15.6. The van der Waals surface area contributed by atoms with Gasteiger partial charge in [-0.3, -0.25) is 5.41 Å². The van der Waals surface area contributed by atoms with Crippen molar-refractivity contribution in [3.8, 4) is 0 Å². The zero-order valence-corrected chi connectivity index (χ0v) is 12.9. The van der Waals surface area contributed by atoms with Crippen LogP contribution in [-0.2, 0) is 0 Å². The molecule has 1 heterocycles. The third-order valence-electron chi connectivity index (χ3n) is 3.38. The van der Waals surface area contributed by atoms with Crippen LogP contribution in [0.4, 0.5) is 14.5 Å². The smallest absolute Gasteiger partial charge is 0.239 e. The number of anilines is 1. The monoisotopic (exact) mass is 332 g/mol. The molecule has 0 amide bonds. The quantitative estimate of drug-likeness (QED) is 0.462. The first-order valence-electron chi connectivity index (χ1n) is 7.06. The van der Waals surface area contributed by atoms with Crippen molar-refractivity contribution >= 4 is 23.4 Å². The van der Waals surface area contributed by atoms with E-state index in [1.165, 1.54) is 36.4 Å². The van der Waals surface area contributed by atoms with Gasteiger partial charge in [-0.2, -0.15) is 5.11 Å². The molecular formula is C16H14F2N4S. The van der Waals surface area contributed by atoms with Gasteiger partial charge in [-0.25, -0.2) is 8.78 Å². The maximum atomic E-state index is 13.4. The summed E-state index contributed by atoms with van der Waals surface area (Å²) in [6.07, 6.45) is 0.744. The number of azo groups is 1. The zero-order valence-electron chi connectivity index (χ0n) is 12.1. The minimum atomic E-state index is -0.345. The summed E-state index contributed by atoms with van der Waals surface area (Å²) in [5, 5.41) is 18.5. The molecule has 0 aliphatic carbocycles. The van der Waals surface area contributed by atoms with E-state index in [0.29, 0.717) is 5.69 Å². The largest absolute Gasteiger partial charge is 0.323 e. The second kappa shape index (κ2) is 6.87. The summed E-state index contributed by atoms with van der Waals surface area (Å²) in [6.45, 7) is 0. The van der Waals surface area contributed by atoms with Crippen LogP contribution in [-0.4, -0.2) is 11.7 Å². The predicted octanol–water partition coefficient (Wildman–Crippen LogP) is 5.00. The Morgan fingerprint density at radius 2 is 1.87 bits per heavy atom. The van der Waals surface area contributed by atoms with Crippen LogP contribution in [0.2, 0.25) is 0 Å². The SMILES string of the molecule is N=C(N=NC1CCSc2ccc(F)cc21)Nc1ccc(F)cc1. The van der Waals surface area contributed by atoms with Crippen LogP contribution in [0.3, 0.4) is 0 Å². The van der Waals surface area contributed by atoms with Crippen molar-refractivity contribution in [3.63, 3.8) is 0 Å². The summed E-state index contributed by atoms with van der Waals surface area (Å²) in [4.78, 5) is 1.000. The molecule has 0 spiro atoms. The van der Waals surface area contributed by atoms with E-state index in [1.807, 2.05) is 0 Å². The fourth-order valence-electron chi connectivity index (χ4n) is 2.29. The lowest BCUT2D eigenvalue weighted by Gasteiger charge is -2.20. The molecule has 1 atom stereocenters. The normalized spacial score (nSPS) is 17.0. The molecule has 3 rings (SSSR count). The van der Waals surface area contributed by atoms with E-state index >= 15 is 0 Å². The Kier molecular flexibility index (Phi) is 4.66. The van der Waals surface area contributed by atoms with Crippen LogP contribution >= 0.6 is 11.8 Å². The van der Waals surface area contributed by atoms with Crippen LogP contribution in [0.1, 0.15) is 18.0 Å². The average molecular weight is 332 g/mol. The number of thioether (sulfide) groups is 1. The zero-order chi connectivity index (χ0) is 16.2. The topological polar surface area (TPSA) is 60.6 Å². The van der Waals surface area contributed by atoms with E-state index in [4.69, 9.17) is 5.41 Å². The van der Waals surface area contributed by atoms with Crippen LogP contribution in [0, 0.1) is 17.0 Å². The number of nitrogens with one attached hydrogen (secondary N) is 2. The molecule has 1 aliphatic rings. The molecule has 0 saturated heterocycles. The molecule has 0 bridgehead atoms. The lowest BCUT2D eigenvalue weighted by atomic mass is 10.0. The van der Waals surface area contributed by atoms with Crippen LogP contribution in [0.5, 0.6) is 0 Å².